The number of hydrogen-bond acceptors (Lipinski definition) is 6. The Morgan fingerprint density at radius 3 is 2.53 bits per heavy atom. The van der Waals surface area contributed by atoms with Crippen LogP contribution in [0.4, 0.5) is 10.1 Å². The van der Waals surface area contributed by atoms with Crippen LogP contribution < -0.4 is 19.7 Å². The van der Waals surface area contributed by atoms with Gasteiger partial charge in [0.2, 0.25) is 15.9 Å². The number of methoxy groups -OCH3 is 1. The van der Waals surface area contributed by atoms with Crippen LogP contribution in [0.2, 0.25) is 0 Å². The molecular formula is C27H28FN3O6S. The zero-order valence-corrected chi connectivity index (χ0v) is 21.8. The Kier molecular flexibility index (Phi) is 8.28. The molecule has 0 spiro atoms. The first-order valence-corrected chi connectivity index (χ1v) is 13.4. The van der Waals surface area contributed by atoms with Gasteiger partial charge in [0.05, 0.1) is 25.9 Å². The molecule has 4 rings (SSSR count). The van der Waals surface area contributed by atoms with Gasteiger partial charge in [0, 0.05) is 13.1 Å². The maximum atomic E-state index is 13.9. The van der Waals surface area contributed by atoms with Crippen LogP contribution in [0.25, 0.3) is 0 Å². The van der Waals surface area contributed by atoms with E-state index in [1.54, 1.807) is 31.2 Å². The third kappa shape index (κ3) is 5.79. The minimum atomic E-state index is -4.29. The van der Waals surface area contributed by atoms with Crippen molar-refractivity contribution in [2.24, 2.45) is 0 Å². The molecule has 0 radical (unpaired) electrons. The van der Waals surface area contributed by atoms with Gasteiger partial charge in [0.25, 0.3) is 5.91 Å². The number of nitrogens with zero attached hydrogens (tertiary/aromatic N) is 2. The van der Waals surface area contributed by atoms with Crippen molar-refractivity contribution in [1.29, 1.82) is 0 Å². The lowest BCUT2D eigenvalue weighted by Crippen LogP contribution is -2.53. The summed E-state index contributed by atoms with van der Waals surface area (Å²) in [5.41, 5.74) is 1.32. The van der Waals surface area contributed by atoms with E-state index in [1.165, 1.54) is 18.1 Å². The van der Waals surface area contributed by atoms with Crippen molar-refractivity contribution in [3.05, 3.63) is 84.2 Å². The standard InChI is InChI=1S/C27H28FN3O6S/c1-3-30(38(34,35)25-15-20(28)13-14-23(25)36-2)18-26(32)31-17-24(37-22-12-8-7-11-21(22)31)27(33)29-16-19-9-5-4-6-10-19/h4-15,24H,3,16-18H2,1-2H3,(H,29,33). The number of para-hydroxylation sites is 2. The molecule has 0 aromatic heterocycles. The quantitative estimate of drug-likeness (QED) is 0.447. The van der Waals surface area contributed by atoms with Crippen molar-refractivity contribution >= 4 is 27.5 Å². The van der Waals surface area contributed by atoms with Gasteiger partial charge < -0.3 is 19.7 Å². The van der Waals surface area contributed by atoms with E-state index in [0.29, 0.717) is 11.4 Å². The second-order valence-electron chi connectivity index (χ2n) is 8.51. The largest absolute Gasteiger partial charge is 0.495 e. The van der Waals surface area contributed by atoms with Crippen molar-refractivity contribution < 1.29 is 31.9 Å². The molecule has 11 heteroatoms. The van der Waals surface area contributed by atoms with Crippen molar-refractivity contribution in [2.75, 3.05) is 31.6 Å². The molecule has 1 aliphatic rings. The number of rotatable bonds is 9. The van der Waals surface area contributed by atoms with Gasteiger partial charge in [-0.1, -0.05) is 49.4 Å². The number of halogens is 1. The number of likely N-dealkylation sites (N-methyl/N-ethyl adjacent to an activating group) is 1. The molecule has 1 unspecified atom stereocenters. The van der Waals surface area contributed by atoms with Gasteiger partial charge in [-0.15, -0.1) is 0 Å². The molecule has 38 heavy (non-hydrogen) atoms. The maximum absolute atomic E-state index is 13.9. The summed E-state index contributed by atoms with van der Waals surface area (Å²) < 4.78 is 52.6. The van der Waals surface area contributed by atoms with E-state index in [4.69, 9.17) is 9.47 Å². The third-order valence-corrected chi connectivity index (χ3v) is 8.03. The highest BCUT2D eigenvalue weighted by atomic mass is 32.2. The van der Waals surface area contributed by atoms with Crippen LogP contribution in [0.15, 0.2) is 77.7 Å². The molecule has 3 aromatic rings. The molecule has 2 amide bonds. The molecule has 1 N–H and O–H groups in total. The van der Waals surface area contributed by atoms with Crippen LogP contribution in [-0.2, 0) is 26.2 Å². The molecule has 1 heterocycles. The van der Waals surface area contributed by atoms with Crippen LogP contribution in [0, 0.1) is 5.82 Å². The topological polar surface area (TPSA) is 105 Å². The first-order valence-electron chi connectivity index (χ1n) is 12.0. The number of ether oxygens (including phenoxy) is 2. The summed E-state index contributed by atoms with van der Waals surface area (Å²) in [6.07, 6.45) is -1.01. The van der Waals surface area contributed by atoms with Crippen LogP contribution in [0.5, 0.6) is 11.5 Å². The second kappa shape index (κ2) is 11.6. The number of amides is 2. The average molecular weight is 542 g/mol. The Bertz CT molecular complexity index is 1420. The molecule has 0 saturated carbocycles. The summed E-state index contributed by atoms with van der Waals surface area (Å²) in [6.45, 7) is 1.15. The molecule has 1 aliphatic heterocycles. The molecule has 200 valence electrons. The Morgan fingerprint density at radius 2 is 1.82 bits per heavy atom. The fraction of sp³-hybridized carbons (Fsp3) is 0.259. The number of carbonyl (C=O) groups is 2. The SMILES string of the molecule is CCN(CC(=O)N1CC(C(=O)NCc2ccccc2)Oc2ccccc21)S(=O)(=O)c1cc(F)ccc1OC. The summed E-state index contributed by atoms with van der Waals surface area (Å²) in [4.78, 5) is 27.4. The van der Waals surface area contributed by atoms with E-state index in [1.807, 2.05) is 30.3 Å². The number of fused-ring (bicyclic) bond motifs is 1. The van der Waals surface area contributed by atoms with E-state index in [2.05, 4.69) is 5.32 Å². The number of anilines is 1. The molecule has 1 atom stereocenters. The van der Waals surface area contributed by atoms with Crippen molar-refractivity contribution in [2.45, 2.75) is 24.5 Å². The van der Waals surface area contributed by atoms with Crippen LogP contribution in [0.3, 0.4) is 0 Å². The minimum Gasteiger partial charge on any atom is -0.495 e. The predicted molar refractivity (Wildman–Crippen MR) is 139 cm³/mol. The Labute approximate surface area is 220 Å². The number of benzene rings is 3. The summed E-state index contributed by atoms with van der Waals surface area (Å²) in [5.74, 6) is -1.44. The molecule has 0 saturated heterocycles. The Hall–Kier alpha value is -3.96. The second-order valence-corrected chi connectivity index (χ2v) is 10.4. The molecule has 3 aromatic carbocycles. The van der Waals surface area contributed by atoms with E-state index in [9.17, 15) is 22.4 Å². The average Bonchev–Trinajstić information content (AvgIpc) is 2.94. The molecule has 0 bridgehead atoms. The molecule has 9 nitrogen and oxygen atoms in total. The van der Waals surface area contributed by atoms with Crippen LogP contribution >= 0.6 is 0 Å². The van der Waals surface area contributed by atoms with E-state index < -0.39 is 40.3 Å². The lowest BCUT2D eigenvalue weighted by molar-refractivity contribution is -0.128. The number of hydrogen-bond donors (Lipinski definition) is 1. The highest BCUT2D eigenvalue weighted by Crippen LogP contribution is 2.34. The zero-order valence-electron chi connectivity index (χ0n) is 21.0. The van der Waals surface area contributed by atoms with Gasteiger partial charge in [0.15, 0.2) is 6.10 Å². The first-order chi connectivity index (χ1) is 18.2. The highest BCUT2D eigenvalue weighted by Gasteiger charge is 2.36. The Balaban J connectivity index is 1.55. The van der Waals surface area contributed by atoms with E-state index in [0.717, 1.165) is 22.0 Å². The fourth-order valence-corrected chi connectivity index (χ4v) is 5.67. The molecular weight excluding hydrogens is 513 g/mol. The van der Waals surface area contributed by atoms with Crippen molar-refractivity contribution in [3.63, 3.8) is 0 Å². The van der Waals surface area contributed by atoms with Gasteiger partial charge in [0.1, 0.15) is 22.2 Å². The number of carbonyl (C=O) groups excluding carboxylic acids is 2. The lowest BCUT2D eigenvalue weighted by Gasteiger charge is -2.35. The number of nitrogens with one attached hydrogen (secondary N) is 1. The van der Waals surface area contributed by atoms with Gasteiger partial charge in [-0.05, 0) is 35.9 Å². The lowest BCUT2D eigenvalue weighted by atomic mass is 10.1. The summed E-state index contributed by atoms with van der Waals surface area (Å²) >= 11 is 0. The van der Waals surface area contributed by atoms with E-state index in [-0.39, 0.29) is 30.3 Å². The minimum absolute atomic E-state index is 0.0378. The van der Waals surface area contributed by atoms with Gasteiger partial charge in [-0.3, -0.25) is 9.59 Å². The van der Waals surface area contributed by atoms with Gasteiger partial charge >= 0.3 is 0 Å². The first kappa shape index (κ1) is 27.1. The maximum Gasteiger partial charge on any atom is 0.263 e. The summed E-state index contributed by atoms with van der Waals surface area (Å²) in [5, 5.41) is 2.82. The van der Waals surface area contributed by atoms with Crippen molar-refractivity contribution in [1.82, 2.24) is 9.62 Å². The zero-order chi connectivity index (χ0) is 27.3. The van der Waals surface area contributed by atoms with E-state index >= 15 is 0 Å². The Morgan fingerprint density at radius 1 is 1.11 bits per heavy atom. The summed E-state index contributed by atoms with van der Waals surface area (Å²) in [7, 11) is -3.01. The molecule has 0 fully saturated rings. The molecule has 0 aliphatic carbocycles. The van der Waals surface area contributed by atoms with Crippen LogP contribution in [-0.4, -0.2) is 57.4 Å². The normalized spacial score (nSPS) is 14.9. The third-order valence-electron chi connectivity index (χ3n) is 6.08. The van der Waals surface area contributed by atoms with Crippen molar-refractivity contribution in [3.8, 4) is 11.5 Å². The highest BCUT2D eigenvalue weighted by molar-refractivity contribution is 7.89. The fourth-order valence-electron chi connectivity index (χ4n) is 4.10. The smallest absolute Gasteiger partial charge is 0.263 e. The summed E-state index contributed by atoms with van der Waals surface area (Å²) in [6, 6.07) is 19.2. The monoisotopic (exact) mass is 541 g/mol. The van der Waals surface area contributed by atoms with Crippen LogP contribution in [0.1, 0.15) is 12.5 Å². The predicted octanol–water partition coefficient (Wildman–Crippen LogP) is 2.96. The number of sulfonamides is 1. The van der Waals surface area contributed by atoms with Gasteiger partial charge in [-0.2, -0.15) is 4.31 Å². The van der Waals surface area contributed by atoms with Gasteiger partial charge in [-0.25, -0.2) is 12.8 Å².